The average Bonchev–Trinajstić information content (AvgIpc) is 2.13. The van der Waals surface area contributed by atoms with Crippen LogP contribution in [0.3, 0.4) is 0 Å². The van der Waals surface area contributed by atoms with Crippen molar-refractivity contribution < 1.29 is 4.79 Å². The van der Waals surface area contributed by atoms with E-state index in [0.29, 0.717) is 17.1 Å². The number of nitrogens with zero attached hydrogens (tertiary/aromatic N) is 1. The second-order valence-electron chi connectivity index (χ2n) is 6.23. The van der Waals surface area contributed by atoms with Gasteiger partial charge in [-0.2, -0.15) is 0 Å². The van der Waals surface area contributed by atoms with Crippen LogP contribution in [0.25, 0.3) is 0 Å². The highest BCUT2D eigenvalue weighted by Crippen LogP contribution is 2.21. The number of hydrogen-bond donors (Lipinski definition) is 0. The third-order valence-corrected chi connectivity index (χ3v) is 3.29. The van der Waals surface area contributed by atoms with Crippen LogP contribution in [0.4, 0.5) is 0 Å². The highest BCUT2D eigenvalue weighted by atomic mass is 16.1. The second-order valence-corrected chi connectivity index (χ2v) is 6.23. The number of ketones is 1. The van der Waals surface area contributed by atoms with Crippen molar-refractivity contribution in [2.45, 2.75) is 60.4 Å². The van der Waals surface area contributed by atoms with Gasteiger partial charge >= 0.3 is 0 Å². The molecule has 2 atom stereocenters. The van der Waals surface area contributed by atoms with Crippen LogP contribution in [0, 0.1) is 11.3 Å². The summed E-state index contributed by atoms with van der Waals surface area (Å²) in [6, 6.07) is 0.0901. The van der Waals surface area contributed by atoms with Crippen molar-refractivity contribution in [3.05, 3.63) is 0 Å². The van der Waals surface area contributed by atoms with Gasteiger partial charge in [0.1, 0.15) is 5.78 Å². The van der Waals surface area contributed by atoms with Crippen LogP contribution in [-0.4, -0.2) is 30.3 Å². The first-order valence-electron chi connectivity index (χ1n) is 6.39. The van der Waals surface area contributed by atoms with Crippen LogP contribution in [0.1, 0.15) is 54.4 Å². The van der Waals surface area contributed by atoms with Crippen molar-refractivity contribution >= 4 is 5.78 Å². The molecule has 2 heteroatoms. The maximum atomic E-state index is 11.7. The fourth-order valence-corrected chi connectivity index (χ4v) is 2.02. The first-order chi connectivity index (χ1) is 7.19. The zero-order chi connectivity index (χ0) is 12.9. The van der Waals surface area contributed by atoms with E-state index in [2.05, 4.69) is 46.6 Å². The third-order valence-electron chi connectivity index (χ3n) is 3.29. The van der Waals surface area contributed by atoms with Gasteiger partial charge in [-0.15, -0.1) is 0 Å². The zero-order valence-corrected chi connectivity index (χ0v) is 12.1. The van der Waals surface area contributed by atoms with E-state index in [-0.39, 0.29) is 6.04 Å². The third kappa shape index (κ3) is 5.64. The summed E-state index contributed by atoms with van der Waals surface area (Å²) in [6.07, 6.45) is 2.19. The summed E-state index contributed by atoms with van der Waals surface area (Å²) in [5, 5.41) is 0. The molecule has 0 N–H and O–H groups in total. The van der Waals surface area contributed by atoms with Crippen molar-refractivity contribution in [1.82, 2.24) is 4.90 Å². The molecule has 0 saturated carbocycles. The average molecular weight is 227 g/mol. The molecule has 0 aromatic heterocycles. The standard InChI is InChI=1S/C14H29NO/c1-8-11(2)13(12(3)16)15(7)10-9-14(4,5)6/h11,13H,8-10H2,1-7H3. The summed E-state index contributed by atoms with van der Waals surface area (Å²) in [7, 11) is 2.07. The van der Waals surface area contributed by atoms with Gasteiger partial charge in [0.15, 0.2) is 0 Å². The Kier molecular flexibility index (Phi) is 6.24. The summed E-state index contributed by atoms with van der Waals surface area (Å²) in [4.78, 5) is 13.9. The van der Waals surface area contributed by atoms with E-state index in [1.165, 1.54) is 0 Å². The van der Waals surface area contributed by atoms with Crippen molar-refractivity contribution in [3.8, 4) is 0 Å². The molecule has 0 rings (SSSR count). The lowest BCUT2D eigenvalue weighted by Crippen LogP contribution is -2.43. The summed E-state index contributed by atoms with van der Waals surface area (Å²) in [6.45, 7) is 13.8. The van der Waals surface area contributed by atoms with E-state index in [1.54, 1.807) is 6.92 Å². The maximum Gasteiger partial charge on any atom is 0.147 e. The molecule has 0 bridgehead atoms. The molecule has 16 heavy (non-hydrogen) atoms. The lowest BCUT2D eigenvalue weighted by Gasteiger charge is -2.32. The van der Waals surface area contributed by atoms with Crippen LogP contribution in [0.2, 0.25) is 0 Å². The fourth-order valence-electron chi connectivity index (χ4n) is 2.02. The first-order valence-corrected chi connectivity index (χ1v) is 6.39. The predicted molar refractivity (Wildman–Crippen MR) is 70.6 cm³/mol. The van der Waals surface area contributed by atoms with E-state index >= 15 is 0 Å². The molecule has 0 saturated heterocycles. The lowest BCUT2D eigenvalue weighted by atomic mass is 9.90. The van der Waals surface area contributed by atoms with Crippen molar-refractivity contribution in [2.24, 2.45) is 11.3 Å². The van der Waals surface area contributed by atoms with Crippen molar-refractivity contribution in [1.29, 1.82) is 0 Å². The topological polar surface area (TPSA) is 20.3 Å². The van der Waals surface area contributed by atoms with Crippen LogP contribution in [0.5, 0.6) is 0 Å². The van der Waals surface area contributed by atoms with Gasteiger partial charge in [-0.1, -0.05) is 41.0 Å². The molecule has 2 unspecified atom stereocenters. The second kappa shape index (κ2) is 6.39. The minimum atomic E-state index is 0.0901. The quantitative estimate of drug-likeness (QED) is 0.693. The Hall–Kier alpha value is -0.370. The van der Waals surface area contributed by atoms with Gasteiger partial charge < -0.3 is 0 Å². The van der Waals surface area contributed by atoms with Crippen LogP contribution in [0.15, 0.2) is 0 Å². The highest BCUT2D eigenvalue weighted by molar-refractivity contribution is 5.81. The van der Waals surface area contributed by atoms with Gasteiger partial charge in [-0.05, 0) is 38.3 Å². The van der Waals surface area contributed by atoms with E-state index < -0.39 is 0 Å². The normalized spacial score (nSPS) is 16.2. The predicted octanol–water partition coefficient (Wildman–Crippen LogP) is 3.36. The summed E-state index contributed by atoms with van der Waals surface area (Å²) >= 11 is 0. The Morgan fingerprint density at radius 2 is 1.81 bits per heavy atom. The molecule has 2 nitrogen and oxygen atoms in total. The Morgan fingerprint density at radius 3 is 2.12 bits per heavy atom. The summed E-state index contributed by atoms with van der Waals surface area (Å²) < 4.78 is 0. The molecule has 0 aromatic rings. The number of carbonyl (C=O) groups is 1. The zero-order valence-electron chi connectivity index (χ0n) is 12.1. The van der Waals surface area contributed by atoms with Crippen molar-refractivity contribution in [2.75, 3.05) is 13.6 Å². The van der Waals surface area contributed by atoms with Crippen LogP contribution in [-0.2, 0) is 4.79 Å². The summed E-state index contributed by atoms with van der Waals surface area (Å²) in [5.74, 6) is 0.744. The monoisotopic (exact) mass is 227 g/mol. The van der Waals surface area contributed by atoms with E-state index in [1.807, 2.05) is 0 Å². The fraction of sp³-hybridized carbons (Fsp3) is 0.929. The number of hydrogen-bond acceptors (Lipinski definition) is 2. The number of Topliss-reactive ketones (excluding diaryl/α,β-unsaturated/α-hetero) is 1. The lowest BCUT2D eigenvalue weighted by molar-refractivity contribution is -0.123. The molecule has 0 aliphatic heterocycles. The highest BCUT2D eigenvalue weighted by Gasteiger charge is 2.25. The van der Waals surface area contributed by atoms with Gasteiger partial charge in [0.25, 0.3) is 0 Å². The molecule has 0 radical (unpaired) electrons. The van der Waals surface area contributed by atoms with E-state index in [4.69, 9.17) is 0 Å². The molecule has 0 aromatic carbocycles. The molecule has 0 spiro atoms. The largest absolute Gasteiger partial charge is 0.298 e. The maximum absolute atomic E-state index is 11.7. The molecule has 0 aliphatic rings. The van der Waals surface area contributed by atoms with Crippen molar-refractivity contribution in [3.63, 3.8) is 0 Å². The molecule has 0 aliphatic carbocycles. The molecule has 0 amide bonds. The Labute approximate surface area is 101 Å². The Balaban J connectivity index is 4.40. The number of rotatable bonds is 6. The van der Waals surface area contributed by atoms with Gasteiger partial charge in [0.2, 0.25) is 0 Å². The first kappa shape index (κ1) is 15.6. The minimum absolute atomic E-state index is 0.0901. The van der Waals surface area contributed by atoms with E-state index in [9.17, 15) is 4.79 Å². The van der Waals surface area contributed by atoms with Gasteiger partial charge in [0, 0.05) is 0 Å². The van der Waals surface area contributed by atoms with Gasteiger partial charge in [-0.3, -0.25) is 9.69 Å². The molecular formula is C14H29NO. The van der Waals surface area contributed by atoms with Gasteiger partial charge in [-0.25, -0.2) is 0 Å². The molecule has 0 heterocycles. The molecule has 0 fully saturated rings. The van der Waals surface area contributed by atoms with Crippen LogP contribution >= 0.6 is 0 Å². The smallest absolute Gasteiger partial charge is 0.147 e. The summed E-state index contributed by atoms with van der Waals surface area (Å²) in [5.41, 5.74) is 0.338. The molecule has 96 valence electrons. The van der Waals surface area contributed by atoms with Gasteiger partial charge in [0.05, 0.1) is 6.04 Å². The number of likely N-dealkylation sites (N-methyl/N-ethyl adjacent to an activating group) is 1. The minimum Gasteiger partial charge on any atom is -0.298 e. The number of carbonyl (C=O) groups excluding carboxylic acids is 1. The SMILES string of the molecule is CCC(C)C(C(C)=O)N(C)CCC(C)(C)C. The Morgan fingerprint density at radius 1 is 1.31 bits per heavy atom. The molecular weight excluding hydrogens is 198 g/mol. The van der Waals surface area contributed by atoms with Crippen LogP contribution < -0.4 is 0 Å². The Bertz CT molecular complexity index is 217. The van der Waals surface area contributed by atoms with E-state index in [0.717, 1.165) is 19.4 Å².